The van der Waals surface area contributed by atoms with Crippen LogP contribution < -0.4 is 5.32 Å². The van der Waals surface area contributed by atoms with Crippen LogP contribution in [0.1, 0.15) is 46.3 Å². The Kier molecular flexibility index (Phi) is 4.52. The maximum absolute atomic E-state index is 12.9. The maximum atomic E-state index is 12.9. The van der Waals surface area contributed by atoms with Crippen LogP contribution in [0.5, 0.6) is 5.75 Å². The molecule has 150 valence electrons. The second kappa shape index (κ2) is 7.20. The molecule has 0 spiro atoms. The van der Waals surface area contributed by atoms with E-state index in [1.807, 2.05) is 0 Å². The molecule has 1 amide bonds. The Hall–Kier alpha value is -2.84. The van der Waals surface area contributed by atoms with Crippen LogP contribution in [0.15, 0.2) is 30.7 Å². The first-order valence-electron chi connectivity index (χ1n) is 9.60. The van der Waals surface area contributed by atoms with Gasteiger partial charge in [-0.1, -0.05) is 17.7 Å². The number of phenols is 1. The smallest absolute Gasteiger partial charge is 0.272 e. The molecular weight excluding hydrogens is 394 g/mol. The van der Waals surface area contributed by atoms with E-state index in [4.69, 9.17) is 16.3 Å². The Balaban J connectivity index is 1.43. The van der Waals surface area contributed by atoms with E-state index in [2.05, 4.69) is 20.0 Å². The lowest BCUT2D eigenvalue weighted by atomic mass is 10.0. The van der Waals surface area contributed by atoms with Gasteiger partial charge in [-0.3, -0.25) is 4.79 Å². The van der Waals surface area contributed by atoms with Gasteiger partial charge in [0.15, 0.2) is 0 Å². The Bertz CT molecular complexity index is 1090. The number of phenolic OH excluding ortho intramolecular Hbond substituents is 1. The molecule has 2 aliphatic heterocycles. The van der Waals surface area contributed by atoms with Crippen LogP contribution in [-0.4, -0.2) is 37.0 Å². The molecule has 0 unspecified atom stereocenters. The average molecular weight is 414 g/mol. The van der Waals surface area contributed by atoms with Gasteiger partial charge in [0, 0.05) is 12.1 Å². The molecule has 0 radical (unpaired) electrons. The van der Waals surface area contributed by atoms with Gasteiger partial charge < -0.3 is 19.7 Å². The van der Waals surface area contributed by atoms with Gasteiger partial charge in [-0.15, -0.1) is 0 Å². The first-order chi connectivity index (χ1) is 14.1. The summed E-state index contributed by atoms with van der Waals surface area (Å²) >= 11 is 6.25. The number of imidazole rings is 1. The highest BCUT2D eigenvalue weighted by Crippen LogP contribution is 2.33. The Morgan fingerprint density at radius 1 is 1.31 bits per heavy atom. The molecule has 0 saturated carbocycles. The first kappa shape index (κ1) is 18.2. The van der Waals surface area contributed by atoms with Gasteiger partial charge in [-0.25, -0.2) is 9.67 Å². The van der Waals surface area contributed by atoms with Crippen molar-refractivity contribution >= 4 is 17.5 Å². The maximum Gasteiger partial charge on any atom is 0.272 e. The number of amides is 1. The zero-order valence-electron chi connectivity index (χ0n) is 15.6. The van der Waals surface area contributed by atoms with E-state index >= 15 is 0 Å². The van der Waals surface area contributed by atoms with E-state index < -0.39 is 0 Å². The van der Waals surface area contributed by atoms with Crippen molar-refractivity contribution < 1.29 is 14.6 Å². The van der Waals surface area contributed by atoms with Crippen molar-refractivity contribution in [3.63, 3.8) is 0 Å². The Labute approximate surface area is 172 Å². The minimum atomic E-state index is -0.336. The number of aryl methyl sites for hydroxylation is 1. The number of halogens is 1. The molecule has 0 aliphatic carbocycles. The third-order valence-electron chi connectivity index (χ3n) is 5.52. The van der Waals surface area contributed by atoms with Crippen LogP contribution >= 0.6 is 11.6 Å². The number of rotatable bonds is 3. The van der Waals surface area contributed by atoms with Crippen molar-refractivity contribution in [2.75, 3.05) is 6.61 Å². The number of hydrogen-bond donors (Lipinski definition) is 2. The van der Waals surface area contributed by atoms with Crippen LogP contribution in [0, 0.1) is 0 Å². The van der Waals surface area contributed by atoms with E-state index in [9.17, 15) is 9.90 Å². The number of carbonyl (C=O) groups excluding carboxylic acids is 1. The predicted octanol–water partition coefficient (Wildman–Crippen LogP) is 2.77. The molecular formula is C20H20ClN5O3. The van der Waals surface area contributed by atoms with Gasteiger partial charge in [0.1, 0.15) is 16.5 Å². The molecule has 2 aliphatic rings. The zero-order chi connectivity index (χ0) is 20.0. The van der Waals surface area contributed by atoms with Gasteiger partial charge in [0.2, 0.25) is 0 Å². The summed E-state index contributed by atoms with van der Waals surface area (Å²) < 4.78 is 9.43. The fourth-order valence-electron chi connectivity index (χ4n) is 4.04. The monoisotopic (exact) mass is 413 g/mol. The first-order valence-corrected chi connectivity index (χ1v) is 9.98. The number of fused-ring (bicyclic) bond motifs is 2. The number of nitrogens with zero attached hydrogens (tertiary/aromatic N) is 4. The van der Waals surface area contributed by atoms with E-state index in [1.165, 1.54) is 6.07 Å². The van der Waals surface area contributed by atoms with Crippen LogP contribution in [0.25, 0.3) is 5.69 Å². The minimum Gasteiger partial charge on any atom is -0.506 e. The van der Waals surface area contributed by atoms with Gasteiger partial charge in [-0.05, 0) is 31.4 Å². The fourth-order valence-corrected chi connectivity index (χ4v) is 4.24. The van der Waals surface area contributed by atoms with Crippen LogP contribution in [0.2, 0.25) is 5.02 Å². The van der Waals surface area contributed by atoms with Gasteiger partial charge in [0.05, 0.1) is 48.9 Å². The lowest BCUT2D eigenvalue weighted by Crippen LogP contribution is -2.35. The second-order valence-electron chi connectivity index (χ2n) is 7.30. The standard InChI is InChI=1S/C20H20ClN5O3/c21-18-14(5-3-6-17(18)27)26-16-10-29-9-13(12(16)8-23-26)24-20(28)19-15-4-1-2-7-25(15)11-22-19/h3,5-6,8,11,13,27H,1-2,4,7,9-10H2,(H,24,28)/t13-/m0/s1. The molecule has 8 nitrogen and oxygen atoms in total. The summed E-state index contributed by atoms with van der Waals surface area (Å²) in [6, 6.07) is 4.66. The third-order valence-corrected chi connectivity index (χ3v) is 5.90. The summed E-state index contributed by atoms with van der Waals surface area (Å²) in [4.78, 5) is 17.2. The summed E-state index contributed by atoms with van der Waals surface area (Å²) in [5.74, 6) is -0.218. The normalized spacial score (nSPS) is 18.2. The molecule has 1 aromatic carbocycles. The van der Waals surface area contributed by atoms with E-state index in [0.717, 1.165) is 42.8 Å². The summed E-state index contributed by atoms with van der Waals surface area (Å²) in [6.45, 7) is 1.60. The van der Waals surface area contributed by atoms with Crippen molar-refractivity contribution in [1.82, 2.24) is 24.6 Å². The number of aromatic hydroxyl groups is 1. The van der Waals surface area contributed by atoms with Crippen LogP contribution in [-0.2, 0) is 24.3 Å². The Morgan fingerprint density at radius 3 is 3.10 bits per heavy atom. The molecule has 9 heteroatoms. The van der Waals surface area contributed by atoms with Crippen molar-refractivity contribution in [2.24, 2.45) is 0 Å². The third kappa shape index (κ3) is 3.08. The molecule has 0 bridgehead atoms. The quantitative estimate of drug-likeness (QED) is 0.688. The SMILES string of the molecule is O=C(N[C@H]1COCc2c1cnn2-c1cccc(O)c1Cl)c1ncn2c1CCCC2. The van der Waals surface area contributed by atoms with Gasteiger partial charge >= 0.3 is 0 Å². The highest BCUT2D eigenvalue weighted by Gasteiger charge is 2.29. The largest absolute Gasteiger partial charge is 0.506 e. The molecule has 0 fully saturated rings. The second-order valence-corrected chi connectivity index (χ2v) is 7.68. The van der Waals surface area contributed by atoms with Crippen molar-refractivity contribution in [1.29, 1.82) is 0 Å². The van der Waals surface area contributed by atoms with Crippen LogP contribution in [0.3, 0.4) is 0 Å². The van der Waals surface area contributed by atoms with E-state index in [1.54, 1.807) is 29.3 Å². The molecule has 2 aromatic heterocycles. The summed E-state index contributed by atoms with van der Waals surface area (Å²) in [5.41, 5.74) is 3.71. The molecule has 29 heavy (non-hydrogen) atoms. The Morgan fingerprint density at radius 2 is 2.21 bits per heavy atom. The number of hydrogen-bond acceptors (Lipinski definition) is 5. The number of aromatic nitrogens is 4. The predicted molar refractivity (Wildman–Crippen MR) is 105 cm³/mol. The zero-order valence-corrected chi connectivity index (χ0v) is 16.4. The van der Waals surface area contributed by atoms with Crippen molar-refractivity contribution in [3.8, 4) is 11.4 Å². The molecule has 3 aromatic rings. The molecule has 1 atom stereocenters. The van der Waals surface area contributed by atoms with Crippen LogP contribution in [0.4, 0.5) is 0 Å². The highest BCUT2D eigenvalue weighted by molar-refractivity contribution is 6.33. The lowest BCUT2D eigenvalue weighted by Gasteiger charge is -2.24. The number of carbonyl (C=O) groups is 1. The lowest BCUT2D eigenvalue weighted by molar-refractivity contribution is 0.0684. The molecule has 4 heterocycles. The number of benzene rings is 1. The van der Waals surface area contributed by atoms with E-state index in [-0.39, 0.29) is 22.7 Å². The number of nitrogens with one attached hydrogen (secondary N) is 1. The summed E-state index contributed by atoms with van der Waals surface area (Å²) in [7, 11) is 0. The molecule has 0 saturated heterocycles. The minimum absolute atomic E-state index is 0.0143. The number of ether oxygens (including phenoxy) is 1. The van der Waals surface area contributed by atoms with E-state index in [0.29, 0.717) is 24.6 Å². The highest BCUT2D eigenvalue weighted by atomic mass is 35.5. The van der Waals surface area contributed by atoms with Gasteiger partial charge in [-0.2, -0.15) is 5.10 Å². The molecule has 2 N–H and O–H groups in total. The summed E-state index contributed by atoms with van der Waals surface area (Å²) in [6.07, 6.45) is 6.50. The molecule has 5 rings (SSSR count). The van der Waals surface area contributed by atoms with Gasteiger partial charge in [0.25, 0.3) is 5.91 Å². The topological polar surface area (TPSA) is 94.2 Å². The average Bonchev–Trinajstić information content (AvgIpc) is 3.35. The van der Waals surface area contributed by atoms with Crippen molar-refractivity contribution in [3.05, 3.63) is 58.4 Å². The van der Waals surface area contributed by atoms with Crippen molar-refractivity contribution in [2.45, 2.75) is 38.5 Å². The summed E-state index contributed by atoms with van der Waals surface area (Å²) in [5, 5.41) is 17.6. The fraction of sp³-hybridized carbons (Fsp3) is 0.350.